The van der Waals surface area contributed by atoms with Crippen molar-refractivity contribution in [2.45, 2.75) is 58.5 Å². The Morgan fingerprint density at radius 2 is 1.95 bits per heavy atom. The van der Waals surface area contributed by atoms with E-state index in [-0.39, 0.29) is 12.0 Å². The molecule has 2 heteroatoms. The number of hydrogen-bond acceptors (Lipinski definition) is 2. The van der Waals surface area contributed by atoms with E-state index in [9.17, 15) is 5.11 Å². The van der Waals surface area contributed by atoms with Crippen molar-refractivity contribution in [3.63, 3.8) is 0 Å². The monoisotopic (exact) mass is 261 g/mol. The van der Waals surface area contributed by atoms with Crippen molar-refractivity contribution < 1.29 is 5.11 Å². The Bertz CT molecular complexity index is 404. The molecule has 0 aromatic heterocycles. The van der Waals surface area contributed by atoms with Gasteiger partial charge in [0.2, 0.25) is 0 Å². The maximum absolute atomic E-state index is 9.21. The van der Waals surface area contributed by atoms with Crippen LogP contribution in [0, 0.1) is 5.41 Å². The van der Waals surface area contributed by atoms with Crippen molar-refractivity contribution in [3.8, 4) is 0 Å². The lowest BCUT2D eigenvalue weighted by Crippen LogP contribution is -2.40. The maximum atomic E-state index is 9.21. The Balaban J connectivity index is 2.00. The van der Waals surface area contributed by atoms with Gasteiger partial charge in [-0.15, -0.1) is 0 Å². The SMILES string of the molecule is CC(C)(C)C(CCO)NCc1ccccc1C1CC1. The second kappa shape index (κ2) is 6.06. The second-order valence-electron chi connectivity index (χ2n) is 6.78. The molecule has 1 saturated carbocycles. The highest BCUT2D eigenvalue weighted by molar-refractivity contribution is 5.33. The van der Waals surface area contributed by atoms with Gasteiger partial charge in [0.25, 0.3) is 0 Å². The molecule has 0 saturated heterocycles. The van der Waals surface area contributed by atoms with Crippen LogP contribution in [0.1, 0.15) is 57.1 Å². The van der Waals surface area contributed by atoms with E-state index in [0.717, 1.165) is 18.9 Å². The molecule has 0 aliphatic heterocycles. The third-order valence-electron chi connectivity index (χ3n) is 4.07. The molecule has 0 radical (unpaired) electrons. The van der Waals surface area contributed by atoms with Gasteiger partial charge < -0.3 is 10.4 Å². The van der Waals surface area contributed by atoms with E-state index in [4.69, 9.17) is 0 Å². The molecule has 1 unspecified atom stereocenters. The van der Waals surface area contributed by atoms with E-state index < -0.39 is 0 Å². The van der Waals surface area contributed by atoms with E-state index in [1.54, 1.807) is 0 Å². The molecule has 1 aliphatic carbocycles. The first-order chi connectivity index (χ1) is 9.02. The predicted molar refractivity (Wildman–Crippen MR) is 80.2 cm³/mol. The molecule has 0 bridgehead atoms. The first-order valence-electron chi connectivity index (χ1n) is 7.44. The summed E-state index contributed by atoms with van der Waals surface area (Å²) >= 11 is 0. The van der Waals surface area contributed by atoms with Gasteiger partial charge in [0.1, 0.15) is 0 Å². The molecule has 0 amide bonds. The van der Waals surface area contributed by atoms with Gasteiger partial charge in [-0.1, -0.05) is 45.0 Å². The summed E-state index contributed by atoms with van der Waals surface area (Å²) in [5, 5.41) is 12.8. The Morgan fingerprint density at radius 3 is 2.53 bits per heavy atom. The minimum Gasteiger partial charge on any atom is -0.396 e. The van der Waals surface area contributed by atoms with Crippen LogP contribution in [-0.2, 0) is 6.54 Å². The molecule has 1 aromatic carbocycles. The molecular formula is C17H27NO. The van der Waals surface area contributed by atoms with Gasteiger partial charge in [-0.05, 0) is 41.7 Å². The quantitative estimate of drug-likeness (QED) is 0.822. The zero-order valence-corrected chi connectivity index (χ0v) is 12.4. The molecule has 2 rings (SSSR count). The second-order valence-corrected chi connectivity index (χ2v) is 6.78. The molecule has 0 spiro atoms. The standard InChI is InChI=1S/C17H27NO/c1-17(2,3)16(10-11-19)18-12-14-6-4-5-7-15(14)13-8-9-13/h4-7,13,16,18-19H,8-12H2,1-3H3. The van der Waals surface area contributed by atoms with E-state index in [1.165, 1.54) is 24.0 Å². The van der Waals surface area contributed by atoms with Gasteiger partial charge in [0, 0.05) is 19.2 Å². The Hall–Kier alpha value is -0.860. The van der Waals surface area contributed by atoms with Gasteiger partial charge >= 0.3 is 0 Å². The largest absolute Gasteiger partial charge is 0.396 e. The molecule has 2 nitrogen and oxygen atoms in total. The van der Waals surface area contributed by atoms with E-state index in [2.05, 4.69) is 50.4 Å². The molecule has 1 aromatic rings. The van der Waals surface area contributed by atoms with Gasteiger partial charge in [0.05, 0.1) is 0 Å². The summed E-state index contributed by atoms with van der Waals surface area (Å²) in [7, 11) is 0. The Kier molecular flexibility index (Phi) is 4.64. The highest BCUT2D eigenvalue weighted by Gasteiger charge is 2.27. The lowest BCUT2D eigenvalue weighted by atomic mass is 9.84. The Labute approximate surface area is 117 Å². The predicted octanol–water partition coefficient (Wildman–Crippen LogP) is 3.45. The van der Waals surface area contributed by atoms with Crippen LogP contribution in [0.15, 0.2) is 24.3 Å². The van der Waals surface area contributed by atoms with Crippen LogP contribution in [0.5, 0.6) is 0 Å². The fraction of sp³-hybridized carbons (Fsp3) is 0.647. The molecular weight excluding hydrogens is 234 g/mol. The van der Waals surface area contributed by atoms with Crippen LogP contribution >= 0.6 is 0 Å². The number of rotatable bonds is 6. The van der Waals surface area contributed by atoms with Crippen LogP contribution in [0.3, 0.4) is 0 Å². The Morgan fingerprint density at radius 1 is 1.26 bits per heavy atom. The van der Waals surface area contributed by atoms with E-state index in [0.29, 0.717) is 6.04 Å². The molecule has 106 valence electrons. The summed E-state index contributed by atoms with van der Waals surface area (Å²) in [5.41, 5.74) is 3.13. The van der Waals surface area contributed by atoms with Crippen molar-refractivity contribution >= 4 is 0 Å². The molecule has 1 fully saturated rings. The minimum absolute atomic E-state index is 0.178. The highest BCUT2D eigenvalue weighted by Crippen LogP contribution is 2.41. The summed E-state index contributed by atoms with van der Waals surface area (Å²) in [6, 6.07) is 9.13. The summed E-state index contributed by atoms with van der Waals surface area (Å²) in [4.78, 5) is 0. The zero-order chi connectivity index (χ0) is 13.9. The number of aliphatic hydroxyl groups is 1. The van der Waals surface area contributed by atoms with Gasteiger partial charge in [-0.3, -0.25) is 0 Å². The van der Waals surface area contributed by atoms with Crippen molar-refractivity contribution in [2.24, 2.45) is 5.41 Å². The van der Waals surface area contributed by atoms with Gasteiger partial charge in [0.15, 0.2) is 0 Å². The van der Waals surface area contributed by atoms with E-state index in [1.807, 2.05) is 0 Å². The number of hydrogen-bond donors (Lipinski definition) is 2. The van der Waals surface area contributed by atoms with Crippen molar-refractivity contribution in [2.75, 3.05) is 6.61 Å². The average molecular weight is 261 g/mol. The summed E-state index contributed by atoms with van der Waals surface area (Å²) in [6.45, 7) is 7.85. The van der Waals surface area contributed by atoms with Crippen LogP contribution < -0.4 is 5.32 Å². The van der Waals surface area contributed by atoms with Crippen LogP contribution in [0.25, 0.3) is 0 Å². The van der Waals surface area contributed by atoms with Crippen molar-refractivity contribution in [1.82, 2.24) is 5.32 Å². The van der Waals surface area contributed by atoms with Gasteiger partial charge in [-0.25, -0.2) is 0 Å². The van der Waals surface area contributed by atoms with E-state index >= 15 is 0 Å². The first kappa shape index (κ1) is 14.5. The van der Waals surface area contributed by atoms with Crippen molar-refractivity contribution in [3.05, 3.63) is 35.4 Å². The fourth-order valence-corrected chi connectivity index (χ4v) is 2.69. The lowest BCUT2D eigenvalue weighted by Gasteiger charge is -2.31. The summed E-state index contributed by atoms with van der Waals surface area (Å²) in [5.74, 6) is 0.795. The normalized spacial score (nSPS) is 17.5. The lowest BCUT2D eigenvalue weighted by molar-refractivity contribution is 0.196. The molecule has 1 atom stereocenters. The third-order valence-corrected chi connectivity index (χ3v) is 4.07. The maximum Gasteiger partial charge on any atom is 0.0446 e. The van der Waals surface area contributed by atoms with Gasteiger partial charge in [-0.2, -0.15) is 0 Å². The topological polar surface area (TPSA) is 32.3 Å². The van der Waals surface area contributed by atoms with Crippen LogP contribution in [0.2, 0.25) is 0 Å². The fourth-order valence-electron chi connectivity index (χ4n) is 2.69. The average Bonchev–Trinajstić information content (AvgIpc) is 3.17. The number of aliphatic hydroxyl groups excluding tert-OH is 1. The minimum atomic E-state index is 0.178. The molecule has 2 N–H and O–H groups in total. The van der Waals surface area contributed by atoms with Crippen molar-refractivity contribution in [1.29, 1.82) is 0 Å². The summed E-state index contributed by atoms with van der Waals surface area (Å²) in [6.07, 6.45) is 3.50. The molecule has 19 heavy (non-hydrogen) atoms. The molecule has 1 aliphatic rings. The summed E-state index contributed by atoms with van der Waals surface area (Å²) < 4.78 is 0. The number of nitrogens with one attached hydrogen (secondary N) is 1. The number of benzene rings is 1. The highest BCUT2D eigenvalue weighted by atomic mass is 16.3. The van der Waals surface area contributed by atoms with Crippen LogP contribution in [0.4, 0.5) is 0 Å². The third kappa shape index (κ3) is 4.05. The smallest absolute Gasteiger partial charge is 0.0446 e. The first-order valence-corrected chi connectivity index (χ1v) is 7.44. The van der Waals surface area contributed by atoms with Crippen LogP contribution in [-0.4, -0.2) is 17.8 Å². The zero-order valence-electron chi connectivity index (χ0n) is 12.4. The molecule has 0 heterocycles.